The molecule has 104 valence electrons. The lowest BCUT2D eigenvalue weighted by Gasteiger charge is -2.29. The summed E-state index contributed by atoms with van der Waals surface area (Å²) in [5.74, 6) is -0.0880. The number of carbonyl (C=O) groups is 1. The van der Waals surface area contributed by atoms with Gasteiger partial charge in [0.15, 0.2) is 0 Å². The van der Waals surface area contributed by atoms with E-state index in [0.29, 0.717) is 5.92 Å². The number of hydrogen-bond acceptors (Lipinski definition) is 2. The fourth-order valence-electron chi connectivity index (χ4n) is 2.70. The molecule has 1 aliphatic rings. The molecule has 0 saturated heterocycles. The second kappa shape index (κ2) is 5.33. The van der Waals surface area contributed by atoms with Crippen LogP contribution in [0.25, 0.3) is 0 Å². The Morgan fingerprint density at radius 3 is 2.58 bits per heavy atom. The third-order valence-electron chi connectivity index (χ3n) is 4.10. The van der Waals surface area contributed by atoms with Crippen LogP contribution in [0.2, 0.25) is 0 Å². The van der Waals surface area contributed by atoms with Crippen LogP contribution in [-0.2, 0) is 15.1 Å². The first-order valence-corrected chi connectivity index (χ1v) is 6.82. The molecule has 0 heterocycles. The fourth-order valence-corrected chi connectivity index (χ4v) is 2.70. The Kier molecular flexibility index (Phi) is 3.95. The zero-order valence-corrected chi connectivity index (χ0v) is 11.8. The first kappa shape index (κ1) is 14.1. The van der Waals surface area contributed by atoms with E-state index in [0.717, 1.165) is 24.0 Å². The van der Waals surface area contributed by atoms with Crippen molar-refractivity contribution in [2.45, 2.75) is 44.6 Å². The number of hydrogen-bond donors (Lipinski definition) is 1. The van der Waals surface area contributed by atoms with Crippen molar-refractivity contribution in [3.05, 3.63) is 35.4 Å². The summed E-state index contributed by atoms with van der Waals surface area (Å²) in [5, 5.41) is 9.14. The van der Waals surface area contributed by atoms with Crippen LogP contribution < -0.4 is 0 Å². The normalized spacial score (nSPS) is 17.2. The van der Waals surface area contributed by atoms with E-state index in [1.807, 2.05) is 26.0 Å². The predicted molar refractivity (Wildman–Crippen MR) is 74.2 cm³/mol. The number of carboxylic acids is 1. The number of carboxylic acid groups (broad SMARTS) is 1. The van der Waals surface area contributed by atoms with Gasteiger partial charge >= 0.3 is 5.97 Å². The number of rotatable bonds is 6. The van der Waals surface area contributed by atoms with Crippen molar-refractivity contribution in [3.8, 4) is 0 Å². The van der Waals surface area contributed by atoms with Crippen molar-refractivity contribution in [2.75, 3.05) is 7.11 Å². The molecule has 0 bridgehead atoms. The summed E-state index contributed by atoms with van der Waals surface area (Å²) in [4.78, 5) is 11.1. The Bertz CT molecular complexity index is 461. The highest BCUT2D eigenvalue weighted by molar-refractivity contribution is 5.68. The molecule has 2 rings (SSSR count). The van der Waals surface area contributed by atoms with Crippen LogP contribution in [0.1, 0.15) is 50.2 Å². The van der Waals surface area contributed by atoms with Crippen molar-refractivity contribution in [3.63, 3.8) is 0 Å². The lowest BCUT2D eigenvalue weighted by Crippen LogP contribution is -2.23. The molecule has 19 heavy (non-hydrogen) atoms. The molecule has 0 spiro atoms. The third-order valence-corrected chi connectivity index (χ3v) is 4.10. The highest BCUT2D eigenvalue weighted by atomic mass is 16.5. The van der Waals surface area contributed by atoms with E-state index in [2.05, 4.69) is 12.1 Å². The molecular formula is C16H22O3. The molecular weight excluding hydrogens is 240 g/mol. The second-order valence-electron chi connectivity index (χ2n) is 5.84. The summed E-state index contributed by atoms with van der Waals surface area (Å²) in [6, 6.07) is 8.09. The summed E-state index contributed by atoms with van der Waals surface area (Å²) in [6.07, 6.45) is 2.49. The lowest BCUT2D eigenvalue weighted by atomic mass is 9.82. The van der Waals surface area contributed by atoms with Crippen molar-refractivity contribution in [1.29, 1.82) is 0 Å². The van der Waals surface area contributed by atoms with E-state index in [4.69, 9.17) is 9.84 Å². The largest absolute Gasteiger partial charge is 0.481 e. The van der Waals surface area contributed by atoms with Crippen molar-refractivity contribution < 1.29 is 14.6 Å². The van der Waals surface area contributed by atoms with E-state index in [9.17, 15) is 4.79 Å². The summed E-state index contributed by atoms with van der Waals surface area (Å²) in [5.41, 5.74) is 1.86. The zero-order valence-electron chi connectivity index (χ0n) is 11.8. The summed E-state index contributed by atoms with van der Waals surface area (Å²) >= 11 is 0. The molecule has 1 aliphatic carbocycles. The van der Waals surface area contributed by atoms with Gasteiger partial charge in [0.25, 0.3) is 0 Å². The second-order valence-corrected chi connectivity index (χ2v) is 5.84. The molecule has 1 aromatic rings. The average molecular weight is 262 g/mol. The first-order chi connectivity index (χ1) is 8.95. The predicted octanol–water partition coefficient (Wildman–Crippen LogP) is 3.54. The van der Waals surface area contributed by atoms with E-state index in [-0.39, 0.29) is 17.9 Å². The van der Waals surface area contributed by atoms with Gasteiger partial charge in [0.05, 0.1) is 12.0 Å². The molecule has 0 radical (unpaired) electrons. The smallest absolute Gasteiger partial charge is 0.303 e. The minimum atomic E-state index is -0.720. The Hall–Kier alpha value is -1.35. The Labute approximate surface area is 114 Å². The molecule has 1 aromatic carbocycles. The number of methoxy groups -OCH3 is 1. The average Bonchev–Trinajstić information content (AvgIpc) is 3.20. The van der Waals surface area contributed by atoms with Crippen LogP contribution in [0.4, 0.5) is 0 Å². The zero-order chi connectivity index (χ0) is 14.0. The molecule has 1 N–H and O–H groups in total. The highest BCUT2D eigenvalue weighted by Gasteiger charge is 2.36. The molecule has 0 aromatic heterocycles. The van der Waals surface area contributed by atoms with Gasteiger partial charge in [-0.2, -0.15) is 0 Å². The summed E-state index contributed by atoms with van der Waals surface area (Å²) < 4.78 is 5.57. The van der Waals surface area contributed by atoms with E-state index >= 15 is 0 Å². The van der Waals surface area contributed by atoms with Crippen LogP contribution in [-0.4, -0.2) is 18.2 Å². The third kappa shape index (κ3) is 3.16. The maximum atomic E-state index is 11.1. The maximum Gasteiger partial charge on any atom is 0.303 e. The maximum absolute atomic E-state index is 11.1. The molecule has 1 saturated carbocycles. The highest BCUT2D eigenvalue weighted by Crippen LogP contribution is 2.47. The molecule has 3 heteroatoms. The van der Waals surface area contributed by atoms with Crippen LogP contribution >= 0.6 is 0 Å². The van der Waals surface area contributed by atoms with Crippen LogP contribution in [0.3, 0.4) is 0 Å². The van der Waals surface area contributed by atoms with Gasteiger partial charge in [-0.1, -0.05) is 24.3 Å². The first-order valence-electron chi connectivity index (χ1n) is 6.82. The summed E-state index contributed by atoms with van der Waals surface area (Å²) in [7, 11) is 1.69. The van der Waals surface area contributed by atoms with E-state index < -0.39 is 5.97 Å². The van der Waals surface area contributed by atoms with Crippen LogP contribution in [0, 0.1) is 5.92 Å². The monoisotopic (exact) mass is 262 g/mol. The molecule has 1 unspecified atom stereocenters. The van der Waals surface area contributed by atoms with E-state index in [1.165, 1.54) is 0 Å². The van der Waals surface area contributed by atoms with Gasteiger partial charge in [-0.3, -0.25) is 4.79 Å². The fraction of sp³-hybridized carbons (Fsp3) is 0.562. The number of aliphatic carboxylic acids is 1. The van der Waals surface area contributed by atoms with Crippen LogP contribution in [0.15, 0.2) is 24.3 Å². The van der Waals surface area contributed by atoms with Gasteiger partial charge in [-0.25, -0.2) is 0 Å². The Morgan fingerprint density at radius 1 is 1.42 bits per heavy atom. The van der Waals surface area contributed by atoms with Gasteiger partial charge in [0, 0.05) is 7.11 Å². The van der Waals surface area contributed by atoms with Gasteiger partial charge in [0.2, 0.25) is 0 Å². The minimum Gasteiger partial charge on any atom is -0.481 e. The van der Waals surface area contributed by atoms with Crippen molar-refractivity contribution in [2.24, 2.45) is 5.92 Å². The topological polar surface area (TPSA) is 46.5 Å². The van der Waals surface area contributed by atoms with Gasteiger partial charge < -0.3 is 9.84 Å². The minimum absolute atomic E-state index is 0.114. The quantitative estimate of drug-likeness (QED) is 0.853. The van der Waals surface area contributed by atoms with Gasteiger partial charge in [0.1, 0.15) is 0 Å². The number of ether oxygens (including phenoxy) is 1. The molecule has 1 fully saturated rings. The van der Waals surface area contributed by atoms with Gasteiger partial charge in [-0.05, 0) is 49.7 Å². The van der Waals surface area contributed by atoms with E-state index in [1.54, 1.807) is 7.11 Å². The van der Waals surface area contributed by atoms with Crippen LogP contribution in [0.5, 0.6) is 0 Å². The van der Waals surface area contributed by atoms with Crippen molar-refractivity contribution in [1.82, 2.24) is 0 Å². The van der Waals surface area contributed by atoms with Crippen molar-refractivity contribution >= 4 is 5.97 Å². The number of benzene rings is 1. The Morgan fingerprint density at radius 2 is 2.05 bits per heavy atom. The van der Waals surface area contributed by atoms with Gasteiger partial charge in [-0.15, -0.1) is 0 Å². The SMILES string of the molecule is COC(C)(C)c1ccccc1C(CC(=O)O)C1CC1. The lowest BCUT2D eigenvalue weighted by molar-refractivity contribution is -0.137. The molecule has 0 amide bonds. The Balaban J connectivity index is 2.39. The standard InChI is InChI=1S/C16H22O3/c1-16(2,19-3)14-7-5-4-6-12(14)13(10-15(17)18)11-8-9-11/h4-7,11,13H,8-10H2,1-3H3,(H,17,18). The molecule has 3 nitrogen and oxygen atoms in total. The molecule has 0 aliphatic heterocycles. The summed E-state index contributed by atoms with van der Waals surface area (Å²) in [6.45, 7) is 4.05. The molecule has 1 atom stereocenters.